The van der Waals surface area contributed by atoms with Crippen LogP contribution in [0.1, 0.15) is 15.9 Å². The summed E-state index contributed by atoms with van der Waals surface area (Å²) in [5, 5.41) is 2.79. The average Bonchev–Trinajstić information content (AvgIpc) is 2.36. The summed E-state index contributed by atoms with van der Waals surface area (Å²) in [6, 6.07) is 10.9. The van der Waals surface area contributed by atoms with E-state index in [-0.39, 0.29) is 16.5 Å². The fourth-order valence-electron chi connectivity index (χ4n) is 1.65. The molecule has 0 heterocycles. The molecule has 19 heavy (non-hydrogen) atoms. The summed E-state index contributed by atoms with van der Waals surface area (Å²) >= 11 is 5.81. The molecule has 0 atom stereocenters. The second-order valence-electron chi connectivity index (χ2n) is 4.05. The Hall–Kier alpha value is -2.07. The normalized spacial score (nSPS) is 10.2. The summed E-state index contributed by atoms with van der Waals surface area (Å²) in [5.41, 5.74) is 7.40. The van der Waals surface area contributed by atoms with Crippen molar-refractivity contribution in [1.29, 1.82) is 0 Å². The summed E-state index contributed by atoms with van der Waals surface area (Å²) in [6.45, 7) is 0.331. The number of amides is 1. The number of carbonyl (C=O) groups is 1. The van der Waals surface area contributed by atoms with Gasteiger partial charge in [-0.2, -0.15) is 0 Å². The maximum atomic E-state index is 12.9. The molecule has 0 aliphatic heterocycles. The number of carbonyl (C=O) groups excluding carboxylic acids is 1. The molecule has 0 bridgehead atoms. The van der Waals surface area contributed by atoms with Crippen molar-refractivity contribution >= 4 is 23.2 Å². The van der Waals surface area contributed by atoms with Crippen molar-refractivity contribution in [1.82, 2.24) is 5.32 Å². The first kappa shape index (κ1) is 13.4. The number of hydrogen-bond donors (Lipinski definition) is 2. The Morgan fingerprint density at radius 2 is 2.05 bits per heavy atom. The topological polar surface area (TPSA) is 55.1 Å². The van der Waals surface area contributed by atoms with Gasteiger partial charge in [0, 0.05) is 12.2 Å². The van der Waals surface area contributed by atoms with Crippen LogP contribution >= 0.6 is 11.6 Å². The van der Waals surface area contributed by atoms with Crippen LogP contribution in [0.5, 0.6) is 0 Å². The Kier molecular flexibility index (Phi) is 4.02. The molecule has 0 saturated carbocycles. The van der Waals surface area contributed by atoms with Crippen LogP contribution in [0.25, 0.3) is 0 Å². The second kappa shape index (κ2) is 5.71. The molecule has 98 valence electrons. The Morgan fingerprint density at radius 1 is 1.26 bits per heavy atom. The highest BCUT2D eigenvalue weighted by Crippen LogP contribution is 2.17. The van der Waals surface area contributed by atoms with E-state index < -0.39 is 5.82 Å². The molecule has 0 aromatic heterocycles. The van der Waals surface area contributed by atoms with Crippen LogP contribution in [0, 0.1) is 5.82 Å². The fourth-order valence-corrected chi connectivity index (χ4v) is 1.91. The third kappa shape index (κ3) is 3.45. The minimum Gasteiger partial charge on any atom is -0.399 e. The number of benzene rings is 2. The van der Waals surface area contributed by atoms with Gasteiger partial charge >= 0.3 is 0 Å². The van der Waals surface area contributed by atoms with Crippen molar-refractivity contribution < 1.29 is 9.18 Å². The molecule has 2 rings (SSSR count). The van der Waals surface area contributed by atoms with Gasteiger partial charge in [-0.25, -0.2) is 4.39 Å². The summed E-state index contributed by atoms with van der Waals surface area (Å²) in [4.78, 5) is 11.9. The number of halogens is 2. The van der Waals surface area contributed by atoms with Crippen LogP contribution in [0.15, 0.2) is 42.5 Å². The number of nitrogens with one attached hydrogen (secondary N) is 1. The largest absolute Gasteiger partial charge is 0.399 e. The minimum atomic E-state index is -0.475. The van der Waals surface area contributed by atoms with Gasteiger partial charge in [-0.1, -0.05) is 23.7 Å². The van der Waals surface area contributed by atoms with Crippen LogP contribution in [-0.4, -0.2) is 5.91 Å². The average molecular weight is 279 g/mol. The van der Waals surface area contributed by atoms with E-state index >= 15 is 0 Å². The standard InChI is InChI=1S/C14H12ClFN2O/c15-13-7-10(16)4-5-12(13)14(19)18-8-9-2-1-3-11(17)6-9/h1-7H,8,17H2,(H,18,19). The van der Waals surface area contributed by atoms with Gasteiger partial charge < -0.3 is 11.1 Å². The summed E-state index contributed by atoms with van der Waals surface area (Å²) < 4.78 is 12.9. The zero-order chi connectivity index (χ0) is 13.8. The molecule has 2 aromatic carbocycles. The van der Waals surface area contributed by atoms with Gasteiger partial charge in [0.05, 0.1) is 10.6 Å². The molecule has 0 unspecified atom stereocenters. The van der Waals surface area contributed by atoms with Crippen LogP contribution < -0.4 is 11.1 Å². The molecular weight excluding hydrogens is 267 g/mol. The van der Waals surface area contributed by atoms with Crippen LogP contribution in [0.4, 0.5) is 10.1 Å². The first-order chi connectivity index (χ1) is 9.06. The third-order valence-electron chi connectivity index (χ3n) is 2.58. The highest BCUT2D eigenvalue weighted by Gasteiger charge is 2.10. The molecule has 3 N–H and O–H groups in total. The second-order valence-corrected chi connectivity index (χ2v) is 4.46. The highest BCUT2D eigenvalue weighted by atomic mass is 35.5. The van der Waals surface area contributed by atoms with Crippen molar-refractivity contribution in [3.05, 3.63) is 64.4 Å². The molecule has 1 amide bonds. The predicted octanol–water partition coefficient (Wildman–Crippen LogP) is 2.99. The molecular formula is C14H12ClFN2O. The first-order valence-electron chi connectivity index (χ1n) is 5.64. The SMILES string of the molecule is Nc1cccc(CNC(=O)c2ccc(F)cc2Cl)c1. The van der Waals surface area contributed by atoms with Crippen molar-refractivity contribution in [2.75, 3.05) is 5.73 Å². The number of anilines is 1. The molecule has 0 radical (unpaired) electrons. The zero-order valence-corrected chi connectivity index (χ0v) is 10.7. The lowest BCUT2D eigenvalue weighted by Gasteiger charge is -2.07. The zero-order valence-electron chi connectivity index (χ0n) is 9.99. The van der Waals surface area contributed by atoms with Crippen LogP contribution in [0.3, 0.4) is 0 Å². The van der Waals surface area contributed by atoms with Gasteiger partial charge in [0.2, 0.25) is 0 Å². The van der Waals surface area contributed by atoms with Crippen molar-refractivity contribution in [2.45, 2.75) is 6.54 Å². The van der Waals surface area contributed by atoms with E-state index in [1.807, 2.05) is 12.1 Å². The Bertz CT molecular complexity index is 616. The molecule has 0 aliphatic carbocycles. The Morgan fingerprint density at radius 3 is 2.74 bits per heavy atom. The number of hydrogen-bond acceptors (Lipinski definition) is 2. The van der Waals surface area contributed by atoms with Gasteiger partial charge in [-0.05, 0) is 35.9 Å². The van der Waals surface area contributed by atoms with Gasteiger partial charge in [0.1, 0.15) is 5.82 Å². The van der Waals surface area contributed by atoms with Crippen LogP contribution in [-0.2, 0) is 6.54 Å². The molecule has 5 heteroatoms. The summed E-state index contributed by atoms with van der Waals surface area (Å²) in [6.07, 6.45) is 0. The van der Waals surface area contributed by atoms with Crippen molar-refractivity contribution in [2.24, 2.45) is 0 Å². The Labute approximate surface area is 115 Å². The molecule has 0 saturated heterocycles. The smallest absolute Gasteiger partial charge is 0.253 e. The Balaban J connectivity index is 2.05. The molecule has 0 spiro atoms. The van der Waals surface area contributed by atoms with E-state index in [2.05, 4.69) is 5.32 Å². The van der Waals surface area contributed by atoms with E-state index in [9.17, 15) is 9.18 Å². The number of nitrogens with two attached hydrogens (primary N) is 1. The van der Waals surface area contributed by atoms with E-state index in [0.717, 1.165) is 11.6 Å². The maximum Gasteiger partial charge on any atom is 0.253 e. The predicted molar refractivity (Wildman–Crippen MR) is 73.4 cm³/mol. The quantitative estimate of drug-likeness (QED) is 0.848. The lowest BCUT2D eigenvalue weighted by molar-refractivity contribution is 0.0951. The van der Waals surface area contributed by atoms with E-state index in [4.69, 9.17) is 17.3 Å². The maximum absolute atomic E-state index is 12.9. The van der Waals surface area contributed by atoms with Crippen molar-refractivity contribution in [3.63, 3.8) is 0 Å². The fraction of sp³-hybridized carbons (Fsp3) is 0.0714. The lowest BCUT2D eigenvalue weighted by atomic mass is 10.1. The highest BCUT2D eigenvalue weighted by molar-refractivity contribution is 6.33. The minimum absolute atomic E-state index is 0.0880. The molecule has 3 nitrogen and oxygen atoms in total. The van der Waals surface area contributed by atoms with Gasteiger partial charge in [0.15, 0.2) is 0 Å². The monoisotopic (exact) mass is 278 g/mol. The van der Waals surface area contributed by atoms with E-state index in [1.165, 1.54) is 12.1 Å². The van der Waals surface area contributed by atoms with Crippen LogP contribution in [0.2, 0.25) is 5.02 Å². The van der Waals surface area contributed by atoms with Gasteiger partial charge in [0.25, 0.3) is 5.91 Å². The number of nitrogen functional groups attached to an aromatic ring is 1. The summed E-state index contributed by atoms with van der Waals surface area (Å²) in [7, 11) is 0. The number of rotatable bonds is 3. The van der Waals surface area contributed by atoms with Gasteiger partial charge in [-0.3, -0.25) is 4.79 Å². The van der Waals surface area contributed by atoms with Gasteiger partial charge in [-0.15, -0.1) is 0 Å². The molecule has 0 aliphatic rings. The first-order valence-corrected chi connectivity index (χ1v) is 6.02. The third-order valence-corrected chi connectivity index (χ3v) is 2.89. The van der Waals surface area contributed by atoms with E-state index in [1.54, 1.807) is 12.1 Å². The van der Waals surface area contributed by atoms with Crippen molar-refractivity contribution in [3.8, 4) is 0 Å². The molecule has 0 fully saturated rings. The molecule has 2 aromatic rings. The lowest BCUT2D eigenvalue weighted by Crippen LogP contribution is -2.23. The van der Waals surface area contributed by atoms with E-state index in [0.29, 0.717) is 12.2 Å². The summed E-state index contributed by atoms with van der Waals surface area (Å²) in [5.74, 6) is -0.829.